The number of para-hydroxylation sites is 1. The van der Waals surface area contributed by atoms with Crippen molar-refractivity contribution in [1.29, 1.82) is 0 Å². The SMILES string of the molecule is CN(C(=O)C(CC(=O)O)Cc1ccccc1)c1nc(-c2ccccc2OC(F)F)cs1. The number of aromatic nitrogens is 1. The van der Waals surface area contributed by atoms with Crippen LogP contribution in [0.5, 0.6) is 5.75 Å². The summed E-state index contributed by atoms with van der Waals surface area (Å²) in [6, 6.07) is 15.4. The monoisotopic (exact) mass is 446 g/mol. The summed E-state index contributed by atoms with van der Waals surface area (Å²) in [6.07, 6.45) is -0.0407. The van der Waals surface area contributed by atoms with Crippen LogP contribution in [0.25, 0.3) is 11.3 Å². The van der Waals surface area contributed by atoms with Crippen molar-refractivity contribution in [3.05, 3.63) is 65.5 Å². The molecule has 3 rings (SSSR count). The van der Waals surface area contributed by atoms with Crippen LogP contribution in [0.2, 0.25) is 0 Å². The van der Waals surface area contributed by atoms with Crippen molar-refractivity contribution in [2.24, 2.45) is 5.92 Å². The minimum atomic E-state index is -2.97. The molecule has 1 unspecified atom stereocenters. The largest absolute Gasteiger partial charge is 0.481 e. The minimum Gasteiger partial charge on any atom is -0.481 e. The van der Waals surface area contributed by atoms with E-state index in [1.54, 1.807) is 23.6 Å². The summed E-state index contributed by atoms with van der Waals surface area (Å²) in [4.78, 5) is 30.1. The number of carbonyl (C=O) groups is 2. The second-order valence-corrected chi connectivity index (χ2v) is 7.61. The number of ether oxygens (including phenoxy) is 1. The molecule has 0 aliphatic heterocycles. The topological polar surface area (TPSA) is 79.7 Å². The predicted molar refractivity (Wildman–Crippen MR) is 113 cm³/mol. The summed E-state index contributed by atoms with van der Waals surface area (Å²) in [6.45, 7) is -2.97. The molecule has 31 heavy (non-hydrogen) atoms. The van der Waals surface area contributed by atoms with Crippen molar-refractivity contribution in [2.45, 2.75) is 19.5 Å². The van der Waals surface area contributed by atoms with Crippen LogP contribution >= 0.6 is 11.3 Å². The Hall–Kier alpha value is -3.33. The molecule has 0 saturated heterocycles. The molecule has 3 aromatic rings. The zero-order valence-corrected chi connectivity index (χ0v) is 17.4. The molecule has 0 aliphatic carbocycles. The maximum absolute atomic E-state index is 13.0. The first-order valence-electron chi connectivity index (χ1n) is 9.38. The van der Waals surface area contributed by atoms with Crippen LogP contribution in [0.15, 0.2) is 60.0 Å². The lowest BCUT2D eigenvalue weighted by Crippen LogP contribution is -2.35. The van der Waals surface area contributed by atoms with Crippen LogP contribution in [-0.4, -0.2) is 35.6 Å². The van der Waals surface area contributed by atoms with Gasteiger partial charge in [0.15, 0.2) is 5.13 Å². The van der Waals surface area contributed by atoms with Gasteiger partial charge in [-0.1, -0.05) is 42.5 Å². The van der Waals surface area contributed by atoms with E-state index in [0.717, 1.165) is 16.9 Å². The first-order valence-corrected chi connectivity index (χ1v) is 10.3. The van der Waals surface area contributed by atoms with Gasteiger partial charge in [-0.15, -0.1) is 11.3 Å². The van der Waals surface area contributed by atoms with Crippen LogP contribution in [0, 0.1) is 5.92 Å². The van der Waals surface area contributed by atoms with Gasteiger partial charge >= 0.3 is 12.6 Å². The van der Waals surface area contributed by atoms with Crippen molar-refractivity contribution in [2.75, 3.05) is 11.9 Å². The Morgan fingerprint density at radius 3 is 2.48 bits per heavy atom. The van der Waals surface area contributed by atoms with Gasteiger partial charge in [-0.3, -0.25) is 14.5 Å². The molecule has 0 spiro atoms. The lowest BCUT2D eigenvalue weighted by Gasteiger charge is -2.21. The minimum absolute atomic E-state index is 0.0174. The fourth-order valence-corrected chi connectivity index (χ4v) is 3.94. The maximum Gasteiger partial charge on any atom is 0.387 e. The Bertz CT molecular complexity index is 1040. The van der Waals surface area contributed by atoms with Crippen molar-refractivity contribution in [3.8, 4) is 17.0 Å². The van der Waals surface area contributed by atoms with Crippen LogP contribution in [-0.2, 0) is 16.0 Å². The summed E-state index contributed by atoms with van der Waals surface area (Å²) in [5.41, 5.74) is 1.61. The van der Waals surface area contributed by atoms with Gasteiger partial charge in [0.2, 0.25) is 5.91 Å². The highest BCUT2D eigenvalue weighted by Gasteiger charge is 2.27. The molecule has 1 aromatic heterocycles. The first kappa shape index (κ1) is 22.4. The molecule has 1 amide bonds. The van der Waals surface area contributed by atoms with E-state index >= 15 is 0 Å². The Labute approximate surface area is 181 Å². The van der Waals surface area contributed by atoms with Crippen LogP contribution < -0.4 is 9.64 Å². The Balaban J connectivity index is 1.82. The Morgan fingerprint density at radius 1 is 1.13 bits per heavy atom. The number of rotatable bonds is 9. The molecular weight excluding hydrogens is 426 g/mol. The van der Waals surface area contributed by atoms with E-state index in [1.165, 1.54) is 18.0 Å². The highest BCUT2D eigenvalue weighted by atomic mass is 32.1. The average Bonchev–Trinajstić information content (AvgIpc) is 3.22. The molecule has 0 bridgehead atoms. The summed E-state index contributed by atoms with van der Waals surface area (Å²) in [7, 11) is 1.52. The quantitative estimate of drug-likeness (QED) is 0.515. The molecule has 0 aliphatic rings. The molecule has 1 heterocycles. The van der Waals surface area contributed by atoms with E-state index in [0.29, 0.717) is 16.4 Å². The molecule has 6 nitrogen and oxygen atoms in total. The number of amides is 1. The number of thiazole rings is 1. The standard InChI is InChI=1S/C22H20F2N2O4S/c1-26(20(29)15(12-19(27)28)11-14-7-3-2-4-8-14)22-25-17(13-31-22)16-9-5-6-10-18(16)30-21(23)24/h2-10,13,15,21H,11-12H2,1H3,(H,27,28). The van der Waals surface area contributed by atoms with Gasteiger partial charge < -0.3 is 9.84 Å². The molecule has 1 N–H and O–H groups in total. The van der Waals surface area contributed by atoms with Gasteiger partial charge in [0.1, 0.15) is 5.75 Å². The van der Waals surface area contributed by atoms with Crippen molar-refractivity contribution in [1.82, 2.24) is 4.98 Å². The van der Waals surface area contributed by atoms with Crippen LogP contribution in [0.3, 0.4) is 0 Å². The third-order valence-electron chi connectivity index (χ3n) is 4.58. The zero-order chi connectivity index (χ0) is 22.4. The lowest BCUT2D eigenvalue weighted by atomic mass is 9.95. The summed E-state index contributed by atoms with van der Waals surface area (Å²) in [5.74, 6) is -2.24. The molecule has 1 atom stereocenters. The zero-order valence-electron chi connectivity index (χ0n) is 16.6. The van der Waals surface area contributed by atoms with Gasteiger partial charge in [-0.2, -0.15) is 8.78 Å². The number of alkyl halides is 2. The highest BCUT2D eigenvalue weighted by Crippen LogP contribution is 2.34. The molecule has 0 fully saturated rings. The molecule has 0 saturated carbocycles. The van der Waals surface area contributed by atoms with E-state index < -0.39 is 18.5 Å². The molecule has 9 heteroatoms. The van der Waals surface area contributed by atoms with E-state index in [2.05, 4.69) is 9.72 Å². The number of anilines is 1. The van der Waals surface area contributed by atoms with Crippen LogP contribution in [0.1, 0.15) is 12.0 Å². The van der Waals surface area contributed by atoms with Gasteiger partial charge in [0.25, 0.3) is 0 Å². The number of hydrogen-bond donors (Lipinski definition) is 1. The van der Waals surface area contributed by atoms with Crippen molar-refractivity contribution in [3.63, 3.8) is 0 Å². The smallest absolute Gasteiger partial charge is 0.387 e. The number of hydrogen-bond acceptors (Lipinski definition) is 5. The average molecular weight is 446 g/mol. The Kier molecular flexibility index (Phi) is 7.30. The van der Waals surface area contributed by atoms with E-state index in [1.807, 2.05) is 30.3 Å². The molecule has 0 radical (unpaired) electrons. The molecule has 162 valence electrons. The van der Waals surface area contributed by atoms with Crippen molar-refractivity contribution >= 4 is 28.3 Å². The van der Waals surface area contributed by atoms with E-state index in [9.17, 15) is 23.5 Å². The molecular formula is C22H20F2N2O4S. The number of carbonyl (C=O) groups excluding carboxylic acids is 1. The number of halogens is 2. The fraction of sp³-hybridized carbons (Fsp3) is 0.227. The lowest BCUT2D eigenvalue weighted by molar-refractivity contribution is -0.140. The van der Waals surface area contributed by atoms with E-state index in [-0.39, 0.29) is 24.5 Å². The number of aliphatic carboxylic acids is 1. The Morgan fingerprint density at radius 2 is 1.81 bits per heavy atom. The summed E-state index contributed by atoms with van der Waals surface area (Å²) < 4.78 is 29.9. The van der Waals surface area contributed by atoms with Gasteiger partial charge in [0, 0.05) is 18.0 Å². The van der Waals surface area contributed by atoms with Gasteiger partial charge in [0.05, 0.1) is 18.0 Å². The summed E-state index contributed by atoms with van der Waals surface area (Å²) >= 11 is 1.15. The second kappa shape index (κ2) is 10.1. The third kappa shape index (κ3) is 5.85. The number of nitrogens with zero attached hydrogens (tertiary/aromatic N) is 2. The normalized spacial score (nSPS) is 11.9. The number of benzene rings is 2. The predicted octanol–water partition coefficient (Wildman–Crippen LogP) is 4.71. The number of carboxylic acids is 1. The van der Waals surface area contributed by atoms with Crippen molar-refractivity contribution < 1.29 is 28.2 Å². The molecule has 2 aromatic carbocycles. The number of carboxylic acid groups (broad SMARTS) is 1. The van der Waals surface area contributed by atoms with Gasteiger partial charge in [-0.05, 0) is 24.1 Å². The maximum atomic E-state index is 13.0. The third-order valence-corrected chi connectivity index (χ3v) is 5.50. The highest BCUT2D eigenvalue weighted by molar-refractivity contribution is 7.14. The first-order chi connectivity index (χ1) is 14.8. The fourth-order valence-electron chi connectivity index (χ4n) is 3.14. The van der Waals surface area contributed by atoms with Crippen LogP contribution in [0.4, 0.5) is 13.9 Å². The van der Waals surface area contributed by atoms with Gasteiger partial charge in [-0.25, -0.2) is 4.98 Å². The van der Waals surface area contributed by atoms with E-state index in [4.69, 9.17) is 0 Å². The second-order valence-electron chi connectivity index (χ2n) is 6.77. The summed E-state index contributed by atoms with van der Waals surface area (Å²) in [5, 5.41) is 11.2.